The van der Waals surface area contributed by atoms with Crippen molar-refractivity contribution in [3.63, 3.8) is 0 Å². The van der Waals surface area contributed by atoms with Crippen LogP contribution in [0.1, 0.15) is 45.0 Å². The van der Waals surface area contributed by atoms with Crippen LogP contribution >= 0.6 is 11.3 Å². The van der Waals surface area contributed by atoms with E-state index < -0.39 is 0 Å². The van der Waals surface area contributed by atoms with Gasteiger partial charge in [-0.2, -0.15) is 0 Å². The molecule has 0 bridgehead atoms. The Balaban J connectivity index is 2.08. The molecule has 0 N–H and O–H groups in total. The van der Waals surface area contributed by atoms with E-state index in [-0.39, 0.29) is 11.9 Å². The molecule has 3 rings (SSSR count). The number of aromatic nitrogens is 2. The van der Waals surface area contributed by atoms with E-state index in [2.05, 4.69) is 29.9 Å². The number of rotatable bonds is 3. The van der Waals surface area contributed by atoms with E-state index >= 15 is 0 Å². The summed E-state index contributed by atoms with van der Waals surface area (Å²) in [4.78, 5) is 24.7. The maximum atomic E-state index is 13.1. The van der Waals surface area contributed by atoms with Crippen molar-refractivity contribution in [3.8, 4) is 0 Å². The molecule has 124 valence electrons. The predicted molar refractivity (Wildman–Crippen MR) is 98.6 cm³/mol. The van der Waals surface area contributed by atoms with Crippen LogP contribution < -0.4 is 0 Å². The summed E-state index contributed by atoms with van der Waals surface area (Å²) in [5, 5.41) is 0.914. The van der Waals surface area contributed by atoms with Gasteiger partial charge in [0.2, 0.25) is 0 Å². The van der Waals surface area contributed by atoms with Gasteiger partial charge in [-0.3, -0.25) is 14.8 Å². The Bertz CT molecular complexity index is 903. The lowest BCUT2D eigenvalue weighted by atomic mass is 10.00. The van der Waals surface area contributed by atoms with Crippen molar-refractivity contribution in [1.29, 1.82) is 0 Å². The summed E-state index contributed by atoms with van der Waals surface area (Å²) in [5.41, 5.74) is 6.59. The third kappa shape index (κ3) is 2.80. The normalized spacial score (nSPS) is 12.4. The number of pyridine rings is 1. The Hall–Kier alpha value is -2.27. The summed E-state index contributed by atoms with van der Waals surface area (Å²) in [7, 11) is 1.84. The average Bonchev–Trinajstić information content (AvgIpc) is 3.10. The first-order chi connectivity index (χ1) is 11.4. The molecule has 0 saturated heterocycles. The zero-order valence-corrected chi connectivity index (χ0v) is 15.4. The SMILES string of the molecule is Cc1cc(C(=O)N(C)C(C)c2cncs2)c2ccc(C)c(C)c2n1. The molecule has 4 nitrogen and oxygen atoms in total. The molecule has 24 heavy (non-hydrogen) atoms. The number of nitrogens with zero attached hydrogens (tertiary/aromatic N) is 3. The Labute approximate surface area is 146 Å². The third-order valence-electron chi connectivity index (χ3n) is 4.63. The van der Waals surface area contributed by atoms with Gasteiger partial charge in [-0.15, -0.1) is 11.3 Å². The van der Waals surface area contributed by atoms with E-state index in [1.165, 1.54) is 5.56 Å². The van der Waals surface area contributed by atoms with Gasteiger partial charge >= 0.3 is 0 Å². The number of aryl methyl sites for hydroxylation is 3. The average molecular weight is 339 g/mol. The highest BCUT2D eigenvalue weighted by molar-refractivity contribution is 7.09. The van der Waals surface area contributed by atoms with Gasteiger partial charge in [0.25, 0.3) is 5.91 Å². The van der Waals surface area contributed by atoms with Crippen molar-refractivity contribution in [2.24, 2.45) is 0 Å². The van der Waals surface area contributed by atoms with Gasteiger partial charge in [0.1, 0.15) is 0 Å². The smallest absolute Gasteiger partial charge is 0.254 e. The zero-order chi connectivity index (χ0) is 17.4. The molecule has 3 aromatic rings. The number of carbonyl (C=O) groups excluding carboxylic acids is 1. The molecule has 2 heterocycles. The van der Waals surface area contributed by atoms with E-state index in [4.69, 9.17) is 0 Å². The van der Waals surface area contributed by atoms with Crippen molar-refractivity contribution in [1.82, 2.24) is 14.9 Å². The summed E-state index contributed by atoms with van der Waals surface area (Å²) in [5.74, 6) is 0.00894. The highest BCUT2D eigenvalue weighted by Crippen LogP contribution is 2.28. The molecule has 0 saturated carbocycles. The molecular weight excluding hydrogens is 318 g/mol. The van der Waals surface area contributed by atoms with E-state index in [0.29, 0.717) is 5.56 Å². The Morgan fingerprint density at radius 3 is 2.67 bits per heavy atom. The monoisotopic (exact) mass is 339 g/mol. The minimum Gasteiger partial charge on any atom is -0.334 e. The molecule has 0 spiro atoms. The molecule has 0 aliphatic carbocycles. The second-order valence-corrected chi connectivity index (χ2v) is 7.13. The number of carbonyl (C=O) groups is 1. The molecule has 1 amide bonds. The summed E-state index contributed by atoms with van der Waals surface area (Å²) in [6.07, 6.45) is 1.82. The van der Waals surface area contributed by atoms with E-state index in [9.17, 15) is 4.79 Å². The van der Waals surface area contributed by atoms with Crippen LogP contribution in [0.5, 0.6) is 0 Å². The number of hydrogen-bond donors (Lipinski definition) is 0. The molecular formula is C19H21N3OS. The Morgan fingerprint density at radius 2 is 2.00 bits per heavy atom. The van der Waals surface area contributed by atoms with Crippen LogP contribution in [-0.4, -0.2) is 27.8 Å². The topological polar surface area (TPSA) is 46.1 Å². The number of fused-ring (bicyclic) bond motifs is 1. The van der Waals surface area contributed by atoms with Gasteiger partial charge in [-0.05, 0) is 44.9 Å². The van der Waals surface area contributed by atoms with Crippen molar-refractivity contribution in [2.45, 2.75) is 33.7 Å². The van der Waals surface area contributed by atoms with Crippen LogP contribution in [0.15, 0.2) is 29.9 Å². The third-order valence-corrected chi connectivity index (χ3v) is 5.57. The van der Waals surface area contributed by atoms with Gasteiger partial charge in [0, 0.05) is 29.2 Å². The molecule has 0 aliphatic rings. The number of thiazole rings is 1. The quantitative estimate of drug-likeness (QED) is 0.708. The zero-order valence-electron chi connectivity index (χ0n) is 14.6. The predicted octanol–water partition coefficient (Wildman–Crippen LogP) is 4.45. The van der Waals surface area contributed by atoms with Crippen LogP contribution in [0.4, 0.5) is 0 Å². The maximum absolute atomic E-state index is 13.1. The molecule has 0 aliphatic heterocycles. The van der Waals surface area contributed by atoms with E-state index in [1.807, 2.05) is 39.2 Å². The van der Waals surface area contributed by atoms with Crippen molar-refractivity contribution < 1.29 is 4.79 Å². The Kier molecular flexibility index (Phi) is 4.37. The van der Waals surface area contributed by atoms with Crippen molar-refractivity contribution in [2.75, 3.05) is 7.05 Å². The molecule has 1 atom stereocenters. The van der Waals surface area contributed by atoms with Gasteiger partial charge in [0.15, 0.2) is 0 Å². The fourth-order valence-electron chi connectivity index (χ4n) is 2.82. The lowest BCUT2D eigenvalue weighted by molar-refractivity contribution is 0.0746. The first-order valence-corrected chi connectivity index (χ1v) is 8.81. The summed E-state index contributed by atoms with van der Waals surface area (Å²) < 4.78 is 0. The summed E-state index contributed by atoms with van der Waals surface area (Å²) in [6, 6.07) is 5.93. The number of hydrogen-bond acceptors (Lipinski definition) is 4. The highest BCUT2D eigenvalue weighted by atomic mass is 32.1. The van der Waals surface area contributed by atoms with Crippen molar-refractivity contribution in [3.05, 3.63) is 57.2 Å². The first-order valence-electron chi connectivity index (χ1n) is 7.93. The number of benzene rings is 1. The largest absolute Gasteiger partial charge is 0.334 e. The van der Waals surface area contributed by atoms with Crippen LogP contribution in [0, 0.1) is 20.8 Å². The Morgan fingerprint density at radius 1 is 1.25 bits per heavy atom. The fourth-order valence-corrected chi connectivity index (χ4v) is 3.54. The second kappa shape index (κ2) is 6.32. The highest BCUT2D eigenvalue weighted by Gasteiger charge is 2.22. The lowest BCUT2D eigenvalue weighted by Gasteiger charge is -2.24. The van der Waals surface area contributed by atoms with Crippen LogP contribution in [-0.2, 0) is 0 Å². The van der Waals surface area contributed by atoms with Crippen molar-refractivity contribution >= 4 is 28.1 Å². The molecule has 5 heteroatoms. The van der Waals surface area contributed by atoms with E-state index in [1.54, 1.807) is 21.7 Å². The number of amides is 1. The molecule has 0 radical (unpaired) electrons. The minimum atomic E-state index is -0.0138. The second-order valence-electron chi connectivity index (χ2n) is 6.21. The van der Waals surface area contributed by atoms with Gasteiger partial charge < -0.3 is 4.90 Å². The summed E-state index contributed by atoms with van der Waals surface area (Å²) in [6.45, 7) is 8.09. The lowest BCUT2D eigenvalue weighted by Crippen LogP contribution is -2.29. The van der Waals surface area contributed by atoms with Crippen LogP contribution in [0.3, 0.4) is 0 Å². The van der Waals surface area contributed by atoms with E-state index in [0.717, 1.165) is 27.0 Å². The first kappa shape index (κ1) is 16.6. The standard InChI is InChI=1S/C19H21N3OS/c1-11-6-7-15-16(8-12(2)21-18(15)13(11)3)19(23)22(5)14(4)17-9-20-10-24-17/h6-10,14H,1-5H3. The van der Waals surface area contributed by atoms with Gasteiger partial charge in [0.05, 0.1) is 22.6 Å². The fraction of sp³-hybridized carbons (Fsp3) is 0.316. The molecule has 0 fully saturated rings. The van der Waals surface area contributed by atoms with Crippen LogP contribution in [0.25, 0.3) is 10.9 Å². The minimum absolute atomic E-state index is 0.00894. The molecule has 1 unspecified atom stereocenters. The summed E-state index contributed by atoms with van der Waals surface area (Å²) >= 11 is 1.57. The van der Waals surface area contributed by atoms with Gasteiger partial charge in [-0.25, -0.2) is 0 Å². The molecule has 1 aromatic carbocycles. The van der Waals surface area contributed by atoms with Gasteiger partial charge in [-0.1, -0.05) is 12.1 Å². The molecule has 2 aromatic heterocycles. The van der Waals surface area contributed by atoms with Crippen LogP contribution in [0.2, 0.25) is 0 Å². The maximum Gasteiger partial charge on any atom is 0.254 e.